The van der Waals surface area contributed by atoms with Crippen molar-refractivity contribution in [2.24, 2.45) is 0 Å². The zero-order valence-corrected chi connectivity index (χ0v) is 12.4. The molecule has 1 fully saturated rings. The summed E-state index contributed by atoms with van der Waals surface area (Å²) in [5, 5.41) is 22.2. The first-order valence-corrected chi connectivity index (χ1v) is 7.71. The quantitative estimate of drug-likeness (QED) is 0.846. The Morgan fingerprint density at radius 3 is 2.62 bits per heavy atom. The maximum absolute atomic E-state index is 9.34. The zero-order valence-electron chi connectivity index (χ0n) is 12.4. The number of benzene rings is 1. The monoisotopic (exact) mass is 280 g/mol. The Labute approximate surface area is 125 Å². The van der Waals surface area contributed by atoms with Crippen LogP contribution in [0, 0.1) is 18.3 Å². The smallest absolute Gasteiger partial charge is 0.186 e. The van der Waals surface area contributed by atoms with E-state index in [4.69, 9.17) is 0 Å². The fraction of sp³-hybridized carbons (Fsp3) is 0.471. The lowest BCUT2D eigenvalue weighted by Gasteiger charge is -2.19. The van der Waals surface area contributed by atoms with Crippen molar-refractivity contribution < 1.29 is 0 Å². The van der Waals surface area contributed by atoms with E-state index in [1.807, 2.05) is 12.1 Å². The number of hydrogen-bond acceptors (Lipinski definition) is 4. The maximum atomic E-state index is 9.34. The van der Waals surface area contributed by atoms with Gasteiger partial charge < -0.3 is 5.32 Å². The second kappa shape index (κ2) is 6.09. The van der Waals surface area contributed by atoms with Crippen LogP contribution in [0.2, 0.25) is 0 Å². The minimum atomic E-state index is 0.400. The molecule has 3 rings (SSSR count). The van der Waals surface area contributed by atoms with E-state index in [2.05, 4.69) is 34.6 Å². The highest BCUT2D eigenvalue weighted by Gasteiger charge is 2.17. The topological polar surface area (TPSA) is 61.6 Å². The molecule has 1 N–H and O–H groups in total. The summed E-state index contributed by atoms with van der Waals surface area (Å²) in [6.45, 7) is 2.06. The predicted molar refractivity (Wildman–Crippen MR) is 84.1 cm³/mol. The highest BCUT2D eigenvalue weighted by Crippen LogP contribution is 2.28. The van der Waals surface area contributed by atoms with Gasteiger partial charge in [0.05, 0.1) is 11.2 Å². The fourth-order valence-corrected chi connectivity index (χ4v) is 3.07. The van der Waals surface area contributed by atoms with Gasteiger partial charge in [-0.3, -0.25) is 0 Å². The summed E-state index contributed by atoms with van der Waals surface area (Å²) in [5.74, 6) is 0. The van der Waals surface area contributed by atoms with Gasteiger partial charge in [-0.1, -0.05) is 37.3 Å². The number of nitriles is 1. The van der Waals surface area contributed by atoms with Gasteiger partial charge >= 0.3 is 0 Å². The molecule has 0 spiro atoms. The van der Waals surface area contributed by atoms with Crippen LogP contribution in [0.5, 0.6) is 0 Å². The van der Waals surface area contributed by atoms with Crippen molar-refractivity contribution in [3.63, 3.8) is 0 Å². The largest absolute Gasteiger partial charge is 0.379 e. The minimum Gasteiger partial charge on any atom is -0.379 e. The Kier molecular flexibility index (Phi) is 4.01. The Morgan fingerprint density at radius 2 is 1.90 bits per heavy atom. The second-order valence-corrected chi connectivity index (χ2v) is 5.89. The molecule has 21 heavy (non-hydrogen) atoms. The zero-order chi connectivity index (χ0) is 14.7. The molecule has 1 aromatic carbocycles. The normalized spacial score (nSPS) is 16.4. The lowest BCUT2D eigenvalue weighted by molar-refractivity contribution is 0.620. The van der Waals surface area contributed by atoms with Crippen LogP contribution >= 0.6 is 0 Å². The third-order valence-electron chi connectivity index (χ3n) is 4.23. The van der Waals surface area contributed by atoms with E-state index in [0.717, 1.165) is 16.6 Å². The molecular weight excluding hydrogens is 260 g/mol. The van der Waals surface area contributed by atoms with Gasteiger partial charge in [0.1, 0.15) is 6.07 Å². The molecule has 1 aliphatic rings. The van der Waals surface area contributed by atoms with E-state index in [9.17, 15) is 5.26 Å². The van der Waals surface area contributed by atoms with E-state index in [1.54, 1.807) is 0 Å². The van der Waals surface area contributed by atoms with E-state index in [1.165, 1.54) is 44.1 Å². The molecule has 0 saturated heterocycles. The van der Waals surface area contributed by atoms with Crippen LogP contribution in [0.4, 0.5) is 5.69 Å². The number of rotatable bonds is 2. The summed E-state index contributed by atoms with van der Waals surface area (Å²) < 4.78 is 0. The van der Waals surface area contributed by atoms with Crippen LogP contribution < -0.4 is 5.32 Å². The van der Waals surface area contributed by atoms with E-state index >= 15 is 0 Å². The molecule has 2 aromatic rings. The first kappa shape index (κ1) is 13.8. The molecule has 1 saturated carbocycles. The molecule has 108 valence electrons. The molecule has 1 aromatic heterocycles. The van der Waals surface area contributed by atoms with Crippen molar-refractivity contribution in [2.75, 3.05) is 5.32 Å². The molecule has 0 unspecified atom stereocenters. The van der Waals surface area contributed by atoms with Crippen LogP contribution in [-0.4, -0.2) is 16.2 Å². The molecule has 1 aliphatic carbocycles. The molecule has 0 radical (unpaired) electrons. The predicted octanol–water partition coefficient (Wildman–Crippen LogP) is 3.94. The Bertz CT molecular complexity index is 679. The molecule has 1 heterocycles. The minimum absolute atomic E-state index is 0.400. The van der Waals surface area contributed by atoms with E-state index in [0.29, 0.717) is 11.7 Å². The number of aromatic nitrogens is 2. The van der Waals surface area contributed by atoms with Gasteiger partial charge in [-0.05, 0) is 31.9 Å². The third kappa shape index (κ3) is 2.97. The molecular formula is C17H20N4. The molecule has 0 bridgehead atoms. The molecule has 0 atom stereocenters. The first-order chi connectivity index (χ1) is 10.3. The average Bonchev–Trinajstić information content (AvgIpc) is 2.76. The summed E-state index contributed by atoms with van der Waals surface area (Å²) in [6, 6.07) is 8.70. The van der Waals surface area contributed by atoms with Gasteiger partial charge in [-0.15, -0.1) is 10.2 Å². The van der Waals surface area contributed by atoms with Gasteiger partial charge in [-0.25, -0.2) is 0 Å². The number of hydrogen-bond donors (Lipinski definition) is 1. The highest BCUT2D eigenvalue weighted by molar-refractivity contribution is 5.93. The Morgan fingerprint density at radius 1 is 1.14 bits per heavy atom. The summed E-state index contributed by atoms with van der Waals surface area (Å²) in [6.07, 6.45) is 7.49. The average molecular weight is 280 g/mol. The van der Waals surface area contributed by atoms with Crippen LogP contribution in [0.25, 0.3) is 10.9 Å². The van der Waals surface area contributed by atoms with Crippen molar-refractivity contribution in [3.05, 3.63) is 29.5 Å². The number of nitrogens with zero attached hydrogens (tertiary/aromatic N) is 3. The standard InChI is InChI=1S/C17H20N4/c1-12-8-9-15-14(10-12)17(16(11-18)21-20-15)19-13-6-4-2-3-5-7-13/h8-10,13H,2-7H2,1H3,(H,19,20). The lowest BCUT2D eigenvalue weighted by Crippen LogP contribution is -2.19. The van der Waals surface area contributed by atoms with Gasteiger partial charge in [0.15, 0.2) is 5.69 Å². The van der Waals surface area contributed by atoms with Crippen LogP contribution in [0.15, 0.2) is 18.2 Å². The van der Waals surface area contributed by atoms with Crippen molar-refractivity contribution in [3.8, 4) is 6.07 Å². The number of nitrogens with one attached hydrogen (secondary N) is 1. The Hall–Kier alpha value is -2.15. The summed E-state index contributed by atoms with van der Waals surface area (Å²) in [7, 11) is 0. The number of aryl methyl sites for hydroxylation is 1. The van der Waals surface area contributed by atoms with Crippen LogP contribution in [0.3, 0.4) is 0 Å². The molecule has 0 aliphatic heterocycles. The summed E-state index contributed by atoms with van der Waals surface area (Å²) >= 11 is 0. The fourth-order valence-electron chi connectivity index (χ4n) is 3.07. The molecule has 0 amide bonds. The van der Waals surface area contributed by atoms with Gasteiger partial charge in [0.2, 0.25) is 0 Å². The van der Waals surface area contributed by atoms with Crippen molar-refractivity contribution >= 4 is 16.6 Å². The SMILES string of the molecule is Cc1ccc2nnc(C#N)c(NC3CCCCCC3)c2c1. The van der Waals surface area contributed by atoms with Crippen LogP contribution in [-0.2, 0) is 0 Å². The molecule has 4 nitrogen and oxygen atoms in total. The highest BCUT2D eigenvalue weighted by atomic mass is 15.1. The lowest BCUT2D eigenvalue weighted by atomic mass is 10.1. The van der Waals surface area contributed by atoms with Crippen LogP contribution in [0.1, 0.15) is 49.8 Å². The van der Waals surface area contributed by atoms with Crippen molar-refractivity contribution in [1.82, 2.24) is 10.2 Å². The second-order valence-electron chi connectivity index (χ2n) is 5.89. The van der Waals surface area contributed by atoms with Gasteiger partial charge in [0.25, 0.3) is 0 Å². The maximum Gasteiger partial charge on any atom is 0.186 e. The third-order valence-corrected chi connectivity index (χ3v) is 4.23. The van der Waals surface area contributed by atoms with Gasteiger partial charge in [-0.2, -0.15) is 5.26 Å². The van der Waals surface area contributed by atoms with Crippen molar-refractivity contribution in [1.29, 1.82) is 5.26 Å². The summed E-state index contributed by atoms with van der Waals surface area (Å²) in [4.78, 5) is 0. The van der Waals surface area contributed by atoms with E-state index < -0.39 is 0 Å². The van der Waals surface area contributed by atoms with E-state index in [-0.39, 0.29) is 0 Å². The van der Waals surface area contributed by atoms with Gasteiger partial charge in [0, 0.05) is 11.4 Å². The summed E-state index contributed by atoms with van der Waals surface area (Å²) in [5.41, 5.74) is 3.27. The Balaban J connectivity index is 2.02. The number of fused-ring (bicyclic) bond motifs is 1. The molecule has 4 heteroatoms. The number of anilines is 1. The van der Waals surface area contributed by atoms with Crippen molar-refractivity contribution in [2.45, 2.75) is 51.5 Å². The first-order valence-electron chi connectivity index (χ1n) is 7.71.